The fourth-order valence-electron chi connectivity index (χ4n) is 1.93. The highest BCUT2D eigenvalue weighted by Crippen LogP contribution is 2.18. The predicted octanol–water partition coefficient (Wildman–Crippen LogP) is 4.36. The van der Waals surface area contributed by atoms with E-state index >= 15 is 0 Å². The average molecular weight is 254 g/mol. The zero-order valence-electron chi connectivity index (χ0n) is 11.2. The van der Waals surface area contributed by atoms with Crippen molar-refractivity contribution in [3.8, 4) is 0 Å². The highest BCUT2D eigenvalue weighted by molar-refractivity contribution is 6.31. The average Bonchev–Trinajstić information content (AvgIpc) is 2.34. The van der Waals surface area contributed by atoms with Crippen molar-refractivity contribution in [2.45, 2.75) is 52.5 Å². The molecule has 0 fully saturated rings. The molecule has 1 unspecified atom stereocenters. The second-order valence-corrected chi connectivity index (χ2v) is 5.09. The molecule has 0 saturated carbocycles. The first kappa shape index (κ1) is 14.5. The van der Waals surface area contributed by atoms with Crippen LogP contribution in [0.4, 0.5) is 0 Å². The summed E-state index contributed by atoms with van der Waals surface area (Å²) >= 11 is 6.13. The molecule has 0 aromatic heterocycles. The van der Waals surface area contributed by atoms with Crippen molar-refractivity contribution in [3.63, 3.8) is 0 Å². The van der Waals surface area contributed by atoms with E-state index in [4.69, 9.17) is 11.6 Å². The summed E-state index contributed by atoms with van der Waals surface area (Å²) in [5.41, 5.74) is 2.50. The van der Waals surface area contributed by atoms with E-state index in [1.807, 2.05) is 6.92 Å². The lowest BCUT2D eigenvalue weighted by Gasteiger charge is -2.16. The summed E-state index contributed by atoms with van der Waals surface area (Å²) in [6.45, 7) is 7.62. The van der Waals surface area contributed by atoms with Crippen LogP contribution in [-0.4, -0.2) is 12.6 Å². The fraction of sp³-hybridized carbons (Fsp3) is 0.600. The second kappa shape index (κ2) is 7.73. The molecule has 1 nitrogen and oxygen atoms in total. The first-order valence-corrected chi connectivity index (χ1v) is 7.03. The van der Waals surface area contributed by atoms with Gasteiger partial charge in [-0.25, -0.2) is 0 Å². The van der Waals surface area contributed by atoms with Crippen LogP contribution in [0.15, 0.2) is 18.2 Å². The summed E-state index contributed by atoms with van der Waals surface area (Å²) in [6.07, 6.45) is 4.69. The first-order chi connectivity index (χ1) is 8.17. The number of aryl methyl sites for hydroxylation is 2. The summed E-state index contributed by atoms with van der Waals surface area (Å²) in [7, 11) is 0. The molecule has 0 spiro atoms. The zero-order chi connectivity index (χ0) is 12.7. The molecule has 1 atom stereocenters. The van der Waals surface area contributed by atoms with E-state index in [0.717, 1.165) is 23.6 Å². The fourth-order valence-corrected chi connectivity index (χ4v) is 2.13. The lowest BCUT2D eigenvalue weighted by molar-refractivity contribution is 0.468. The number of nitrogens with one attached hydrogen (secondary N) is 1. The van der Waals surface area contributed by atoms with E-state index in [0.29, 0.717) is 6.04 Å². The molecule has 2 heteroatoms. The molecule has 0 amide bonds. The van der Waals surface area contributed by atoms with Gasteiger partial charge in [-0.15, -0.1) is 0 Å². The van der Waals surface area contributed by atoms with Gasteiger partial charge in [-0.2, -0.15) is 0 Å². The minimum Gasteiger partial charge on any atom is -0.314 e. The standard InChI is InChI=1S/C15H24ClN/c1-4-10-17-14(5-2)9-8-13-7-6-12(3)15(16)11-13/h6-7,11,14,17H,4-5,8-10H2,1-3H3. The van der Waals surface area contributed by atoms with Gasteiger partial charge in [0.05, 0.1) is 0 Å². The van der Waals surface area contributed by atoms with Crippen molar-refractivity contribution < 1.29 is 0 Å². The molecule has 0 heterocycles. The third-order valence-corrected chi connectivity index (χ3v) is 3.60. The number of rotatable bonds is 7. The summed E-state index contributed by atoms with van der Waals surface area (Å²) in [5, 5.41) is 4.47. The van der Waals surface area contributed by atoms with Gasteiger partial charge in [0.2, 0.25) is 0 Å². The largest absolute Gasteiger partial charge is 0.314 e. The van der Waals surface area contributed by atoms with Gasteiger partial charge in [-0.3, -0.25) is 0 Å². The Balaban J connectivity index is 2.45. The van der Waals surface area contributed by atoms with Crippen LogP contribution in [0.1, 0.15) is 44.2 Å². The topological polar surface area (TPSA) is 12.0 Å². The number of halogens is 1. The molecule has 1 N–H and O–H groups in total. The molecule has 0 aliphatic rings. The minimum absolute atomic E-state index is 0.634. The maximum absolute atomic E-state index is 6.13. The molecule has 0 bridgehead atoms. The molecule has 1 rings (SSSR count). The number of hydrogen-bond acceptors (Lipinski definition) is 1. The van der Waals surface area contributed by atoms with E-state index in [9.17, 15) is 0 Å². The van der Waals surface area contributed by atoms with Crippen LogP contribution < -0.4 is 5.32 Å². The minimum atomic E-state index is 0.634. The van der Waals surface area contributed by atoms with Gasteiger partial charge in [0.15, 0.2) is 0 Å². The van der Waals surface area contributed by atoms with Crippen LogP contribution in [0.5, 0.6) is 0 Å². The highest BCUT2D eigenvalue weighted by atomic mass is 35.5. The Kier molecular flexibility index (Phi) is 6.61. The van der Waals surface area contributed by atoms with E-state index in [1.54, 1.807) is 0 Å². The van der Waals surface area contributed by atoms with Crippen molar-refractivity contribution in [3.05, 3.63) is 34.3 Å². The Morgan fingerprint density at radius 2 is 2.06 bits per heavy atom. The Labute approximate surface area is 111 Å². The van der Waals surface area contributed by atoms with Crippen LogP contribution in [0, 0.1) is 6.92 Å². The van der Waals surface area contributed by atoms with Gasteiger partial charge in [0.1, 0.15) is 0 Å². The van der Waals surface area contributed by atoms with Gasteiger partial charge >= 0.3 is 0 Å². The Hall–Kier alpha value is -0.530. The summed E-state index contributed by atoms with van der Waals surface area (Å²) in [5.74, 6) is 0. The molecule has 0 radical (unpaired) electrons. The first-order valence-electron chi connectivity index (χ1n) is 6.65. The molecule has 0 saturated heterocycles. The van der Waals surface area contributed by atoms with Gasteiger partial charge in [0.25, 0.3) is 0 Å². The van der Waals surface area contributed by atoms with Crippen LogP contribution in [0.2, 0.25) is 5.02 Å². The van der Waals surface area contributed by atoms with Crippen molar-refractivity contribution in [2.75, 3.05) is 6.54 Å². The summed E-state index contributed by atoms with van der Waals surface area (Å²) < 4.78 is 0. The van der Waals surface area contributed by atoms with E-state index in [1.165, 1.54) is 24.8 Å². The van der Waals surface area contributed by atoms with E-state index in [-0.39, 0.29) is 0 Å². The van der Waals surface area contributed by atoms with Crippen LogP contribution >= 0.6 is 11.6 Å². The van der Waals surface area contributed by atoms with Gasteiger partial charge in [-0.05, 0) is 56.3 Å². The lowest BCUT2D eigenvalue weighted by atomic mass is 10.0. The van der Waals surface area contributed by atoms with Crippen molar-refractivity contribution in [1.29, 1.82) is 0 Å². The van der Waals surface area contributed by atoms with Crippen molar-refractivity contribution in [2.24, 2.45) is 0 Å². The third kappa shape index (κ3) is 5.10. The van der Waals surface area contributed by atoms with Gasteiger partial charge in [0, 0.05) is 11.1 Å². The maximum atomic E-state index is 6.13. The normalized spacial score (nSPS) is 12.7. The second-order valence-electron chi connectivity index (χ2n) is 4.68. The molecule has 1 aromatic rings. The predicted molar refractivity (Wildman–Crippen MR) is 76.9 cm³/mol. The third-order valence-electron chi connectivity index (χ3n) is 3.19. The smallest absolute Gasteiger partial charge is 0.0437 e. The lowest BCUT2D eigenvalue weighted by Crippen LogP contribution is -2.29. The highest BCUT2D eigenvalue weighted by Gasteiger charge is 2.05. The van der Waals surface area contributed by atoms with Gasteiger partial charge in [-0.1, -0.05) is 37.6 Å². The number of benzene rings is 1. The number of hydrogen-bond donors (Lipinski definition) is 1. The van der Waals surface area contributed by atoms with Crippen molar-refractivity contribution >= 4 is 11.6 Å². The summed E-state index contributed by atoms with van der Waals surface area (Å²) in [6, 6.07) is 7.03. The Morgan fingerprint density at radius 1 is 1.29 bits per heavy atom. The Morgan fingerprint density at radius 3 is 2.65 bits per heavy atom. The summed E-state index contributed by atoms with van der Waals surface area (Å²) in [4.78, 5) is 0. The zero-order valence-corrected chi connectivity index (χ0v) is 12.0. The van der Waals surface area contributed by atoms with Crippen molar-refractivity contribution in [1.82, 2.24) is 5.32 Å². The molecule has 1 aromatic carbocycles. The quantitative estimate of drug-likeness (QED) is 0.761. The maximum Gasteiger partial charge on any atom is 0.0437 e. The molecule has 96 valence electrons. The van der Waals surface area contributed by atoms with Gasteiger partial charge < -0.3 is 5.32 Å². The molecule has 0 aliphatic heterocycles. The molecule has 17 heavy (non-hydrogen) atoms. The van der Waals surface area contributed by atoms with E-state index in [2.05, 4.69) is 37.4 Å². The van der Waals surface area contributed by atoms with Crippen LogP contribution in [0.3, 0.4) is 0 Å². The Bertz CT molecular complexity index is 336. The molecule has 0 aliphatic carbocycles. The van der Waals surface area contributed by atoms with E-state index < -0.39 is 0 Å². The van der Waals surface area contributed by atoms with Crippen LogP contribution in [0.25, 0.3) is 0 Å². The molecular formula is C15H24ClN. The SMILES string of the molecule is CCCNC(CC)CCc1ccc(C)c(Cl)c1. The molecular weight excluding hydrogens is 230 g/mol. The monoisotopic (exact) mass is 253 g/mol. The van der Waals surface area contributed by atoms with Crippen LogP contribution in [-0.2, 0) is 6.42 Å².